The van der Waals surface area contributed by atoms with Crippen LogP contribution in [0, 0.1) is 0 Å². The molecular weight excluding hydrogens is 653 g/mol. The maximum atomic E-state index is 5.00. The molecule has 2 nitrogen and oxygen atoms in total. The lowest BCUT2D eigenvalue weighted by atomic mass is 9.79. The van der Waals surface area contributed by atoms with Crippen LogP contribution in [0.5, 0.6) is 0 Å². The molecular formula is C52H38N2. The third-order valence-electron chi connectivity index (χ3n) is 12.1. The summed E-state index contributed by atoms with van der Waals surface area (Å²) in [6.45, 7) is 6.98. The van der Waals surface area contributed by atoms with Gasteiger partial charge in [-0.25, -0.2) is 4.98 Å². The molecule has 0 saturated carbocycles. The largest absolute Gasteiger partial charge is 0.296 e. The predicted octanol–water partition coefficient (Wildman–Crippen LogP) is 13.7. The molecule has 1 aromatic heterocycles. The standard InChI is InChI=1S/C52H38N2/c1-4-47-53-45-23-11-12-24-46(45)54(47)36-26-28-38-37-27-25-35(29-43(37)52(2,3)44(38)30-36)42-31-41(32-15-7-5-8-16-32)50-39-21-13-19-33-20-14-22-40(48(33)39)51(50)49(42)34-17-9-6-10-18-34/h5-31H,4H2,1-3H3. The van der Waals surface area contributed by atoms with Crippen molar-refractivity contribution in [3.8, 4) is 72.4 Å². The van der Waals surface area contributed by atoms with Crippen LogP contribution in [0.15, 0.2) is 164 Å². The molecule has 0 atom stereocenters. The van der Waals surface area contributed by atoms with Gasteiger partial charge in [-0.1, -0.05) is 148 Å². The van der Waals surface area contributed by atoms with Crippen molar-refractivity contribution in [3.63, 3.8) is 0 Å². The van der Waals surface area contributed by atoms with Crippen LogP contribution in [0.1, 0.15) is 37.7 Å². The Balaban J connectivity index is 1.15. The summed E-state index contributed by atoms with van der Waals surface area (Å²) >= 11 is 0. The fraction of sp³-hybridized carbons (Fsp3) is 0.0962. The Morgan fingerprint density at radius 1 is 0.481 bits per heavy atom. The Bertz CT molecular complexity index is 2980. The quantitative estimate of drug-likeness (QED) is 0.176. The molecule has 0 unspecified atom stereocenters. The second kappa shape index (κ2) is 11.5. The summed E-state index contributed by atoms with van der Waals surface area (Å²) in [4.78, 5) is 5.00. The van der Waals surface area contributed by atoms with Gasteiger partial charge < -0.3 is 0 Å². The minimum Gasteiger partial charge on any atom is -0.296 e. The van der Waals surface area contributed by atoms with Crippen molar-refractivity contribution >= 4 is 21.8 Å². The van der Waals surface area contributed by atoms with Crippen LogP contribution in [0.25, 0.3) is 94.3 Å². The third kappa shape index (κ3) is 4.31. The first-order chi connectivity index (χ1) is 26.5. The van der Waals surface area contributed by atoms with Crippen molar-refractivity contribution in [2.24, 2.45) is 0 Å². The SMILES string of the molecule is CCc1nc2ccccc2n1-c1ccc2c(c1)C(C)(C)c1cc(-c3cc(-c4ccccc4)c4c(c3-c3ccccc3)-c3cccc5cccc-4c35)ccc1-2. The van der Waals surface area contributed by atoms with Crippen molar-refractivity contribution in [2.45, 2.75) is 32.6 Å². The number of aryl methyl sites for hydroxylation is 1. The average Bonchev–Trinajstić information content (AvgIpc) is 3.84. The summed E-state index contributed by atoms with van der Waals surface area (Å²) < 4.78 is 2.35. The molecule has 0 saturated heterocycles. The highest BCUT2D eigenvalue weighted by molar-refractivity contribution is 6.22. The number of hydrogen-bond acceptors (Lipinski definition) is 1. The third-order valence-corrected chi connectivity index (χ3v) is 12.1. The van der Waals surface area contributed by atoms with E-state index in [1.807, 2.05) is 0 Å². The van der Waals surface area contributed by atoms with Crippen molar-refractivity contribution in [3.05, 3.63) is 181 Å². The van der Waals surface area contributed by atoms with Crippen molar-refractivity contribution < 1.29 is 0 Å². The first-order valence-electron chi connectivity index (χ1n) is 19.1. The molecule has 0 radical (unpaired) electrons. The van der Waals surface area contributed by atoms with Crippen molar-refractivity contribution in [1.82, 2.24) is 9.55 Å². The minimum atomic E-state index is -0.201. The van der Waals surface area contributed by atoms with Crippen LogP contribution in [0.3, 0.4) is 0 Å². The second-order valence-electron chi connectivity index (χ2n) is 15.4. The molecule has 11 rings (SSSR count). The zero-order chi connectivity index (χ0) is 36.1. The predicted molar refractivity (Wildman–Crippen MR) is 226 cm³/mol. The topological polar surface area (TPSA) is 17.8 Å². The van der Waals surface area contributed by atoms with Gasteiger partial charge in [0.2, 0.25) is 0 Å². The van der Waals surface area contributed by atoms with E-state index in [1.54, 1.807) is 0 Å². The summed E-state index contributed by atoms with van der Waals surface area (Å²) in [7, 11) is 0. The number of rotatable bonds is 5. The summed E-state index contributed by atoms with van der Waals surface area (Å²) in [6, 6.07) is 60.8. The van der Waals surface area contributed by atoms with Crippen LogP contribution in [-0.2, 0) is 11.8 Å². The number of fused-ring (bicyclic) bond motifs is 7. The fourth-order valence-corrected chi connectivity index (χ4v) is 9.60. The Kier molecular flexibility index (Phi) is 6.61. The first-order valence-corrected chi connectivity index (χ1v) is 19.1. The Morgan fingerprint density at radius 3 is 1.85 bits per heavy atom. The Labute approximate surface area is 316 Å². The molecule has 256 valence electrons. The molecule has 54 heavy (non-hydrogen) atoms. The van der Waals surface area contributed by atoms with Crippen LogP contribution in [0.2, 0.25) is 0 Å². The second-order valence-corrected chi connectivity index (χ2v) is 15.4. The number of imidazole rings is 1. The first kappa shape index (κ1) is 31.1. The summed E-state index contributed by atoms with van der Waals surface area (Å²) in [5, 5.41) is 2.63. The lowest BCUT2D eigenvalue weighted by Crippen LogP contribution is -2.15. The van der Waals surface area contributed by atoms with Crippen LogP contribution in [0.4, 0.5) is 0 Å². The van der Waals surface area contributed by atoms with E-state index in [2.05, 4.69) is 189 Å². The minimum absolute atomic E-state index is 0.201. The monoisotopic (exact) mass is 690 g/mol. The Morgan fingerprint density at radius 2 is 1.11 bits per heavy atom. The van der Waals surface area contributed by atoms with Gasteiger partial charge in [-0.2, -0.15) is 0 Å². The van der Waals surface area contributed by atoms with Crippen molar-refractivity contribution in [1.29, 1.82) is 0 Å². The van der Waals surface area contributed by atoms with E-state index >= 15 is 0 Å². The van der Waals surface area contributed by atoms with Gasteiger partial charge in [0.05, 0.1) is 11.0 Å². The van der Waals surface area contributed by atoms with Crippen LogP contribution in [-0.4, -0.2) is 9.55 Å². The van der Waals surface area contributed by atoms with Crippen molar-refractivity contribution in [2.75, 3.05) is 0 Å². The highest BCUT2D eigenvalue weighted by Gasteiger charge is 2.37. The van der Waals surface area contributed by atoms with E-state index < -0.39 is 0 Å². The summed E-state index contributed by atoms with van der Waals surface area (Å²) in [6.07, 6.45) is 0.869. The fourth-order valence-electron chi connectivity index (χ4n) is 9.60. The molecule has 2 aliphatic carbocycles. The van der Waals surface area contributed by atoms with Gasteiger partial charge in [0.25, 0.3) is 0 Å². The maximum absolute atomic E-state index is 5.00. The number of benzene rings is 8. The molecule has 0 fully saturated rings. The smallest absolute Gasteiger partial charge is 0.114 e. The molecule has 2 aliphatic rings. The number of para-hydroxylation sites is 2. The van der Waals surface area contributed by atoms with Gasteiger partial charge in [0.1, 0.15) is 5.82 Å². The molecule has 0 bridgehead atoms. The van der Waals surface area contributed by atoms with E-state index in [0.29, 0.717) is 0 Å². The van der Waals surface area contributed by atoms with E-state index in [0.717, 1.165) is 23.3 Å². The highest BCUT2D eigenvalue weighted by atomic mass is 15.1. The lowest BCUT2D eigenvalue weighted by molar-refractivity contribution is 0.660. The van der Waals surface area contributed by atoms with E-state index in [1.165, 1.54) is 94.3 Å². The zero-order valence-electron chi connectivity index (χ0n) is 30.7. The van der Waals surface area contributed by atoms with E-state index in [9.17, 15) is 0 Å². The molecule has 0 aliphatic heterocycles. The van der Waals surface area contributed by atoms with Crippen LogP contribution < -0.4 is 0 Å². The lowest BCUT2D eigenvalue weighted by Gasteiger charge is -2.24. The molecule has 0 amide bonds. The molecule has 2 heteroatoms. The van der Waals surface area contributed by atoms with Gasteiger partial charge >= 0.3 is 0 Å². The van der Waals surface area contributed by atoms with Gasteiger partial charge in [0.15, 0.2) is 0 Å². The average molecular weight is 691 g/mol. The van der Waals surface area contributed by atoms with E-state index in [4.69, 9.17) is 4.98 Å². The number of hydrogen-bond donors (Lipinski definition) is 0. The van der Waals surface area contributed by atoms with Gasteiger partial charge in [-0.3, -0.25) is 4.57 Å². The number of aromatic nitrogens is 2. The number of nitrogens with zero attached hydrogens (tertiary/aromatic N) is 2. The van der Waals surface area contributed by atoms with Gasteiger partial charge in [-0.05, 0) is 125 Å². The van der Waals surface area contributed by atoms with E-state index in [-0.39, 0.29) is 5.41 Å². The van der Waals surface area contributed by atoms with Gasteiger partial charge in [0, 0.05) is 17.5 Å². The van der Waals surface area contributed by atoms with Gasteiger partial charge in [-0.15, -0.1) is 0 Å². The highest BCUT2D eigenvalue weighted by Crippen LogP contribution is 2.58. The molecule has 9 aromatic rings. The molecule has 8 aromatic carbocycles. The summed E-state index contributed by atoms with van der Waals surface area (Å²) in [5.41, 5.74) is 21.4. The van der Waals surface area contributed by atoms with Crippen LogP contribution >= 0.6 is 0 Å². The molecule has 0 N–H and O–H groups in total. The maximum Gasteiger partial charge on any atom is 0.114 e. The molecule has 1 heterocycles. The zero-order valence-corrected chi connectivity index (χ0v) is 30.7. The normalized spacial score (nSPS) is 13.3. The Hall–Kier alpha value is -6.51. The molecule has 0 spiro atoms. The summed E-state index contributed by atoms with van der Waals surface area (Å²) in [5.74, 6) is 1.09.